The van der Waals surface area contributed by atoms with Crippen molar-refractivity contribution >= 4 is 22.5 Å². The lowest BCUT2D eigenvalue weighted by molar-refractivity contribution is 0.0959. The van der Waals surface area contributed by atoms with E-state index in [1.54, 1.807) is 19.2 Å². The Morgan fingerprint density at radius 3 is 2.92 bits per heavy atom. The number of carbonyl (C=O) groups is 1. The second kappa shape index (κ2) is 6.53. The number of pyridine rings is 1. The van der Waals surface area contributed by atoms with Gasteiger partial charge in [0.05, 0.1) is 24.9 Å². The number of carbonyl (C=O) groups excluding carboxylic acids is 1. The van der Waals surface area contributed by atoms with Gasteiger partial charge in [-0.2, -0.15) is 5.10 Å². The molecule has 0 aliphatic rings. The molecule has 3 aromatic rings. The molecule has 3 rings (SSSR count). The molecule has 0 saturated carbocycles. The fourth-order valence-electron chi connectivity index (χ4n) is 2.30. The summed E-state index contributed by atoms with van der Waals surface area (Å²) in [5.41, 5.74) is 2.01. The van der Waals surface area contributed by atoms with Gasteiger partial charge >= 0.3 is 0 Å². The van der Waals surface area contributed by atoms with Crippen molar-refractivity contribution in [1.82, 2.24) is 20.5 Å². The number of aromatic amines is 1. The average Bonchev–Trinajstić information content (AvgIpc) is 3.03. The highest BCUT2D eigenvalue weighted by atomic mass is 19.1. The highest BCUT2D eigenvalue weighted by molar-refractivity contribution is 6.05. The second-order valence-electron chi connectivity index (χ2n) is 5.05. The van der Waals surface area contributed by atoms with Crippen LogP contribution in [0.2, 0.25) is 0 Å². The molecule has 24 heavy (non-hydrogen) atoms. The van der Waals surface area contributed by atoms with E-state index in [-0.39, 0.29) is 18.1 Å². The first-order valence-corrected chi connectivity index (χ1v) is 7.26. The van der Waals surface area contributed by atoms with Crippen LogP contribution in [0.5, 0.6) is 5.88 Å². The number of nitrogens with zero attached hydrogens (tertiary/aromatic N) is 2. The maximum atomic E-state index is 13.8. The number of amides is 1. The van der Waals surface area contributed by atoms with E-state index in [2.05, 4.69) is 25.8 Å². The van der Waals surface area contributed by atoms with Gasteiger partial charge in [-0.25, -0.2) is 9.37 Å². The van der Waals surface area contributed by atoms with Crippen molar-refractivity contribution in [2.45, 2.75) is 6.54 Å². The molecule has 1 amide bonds. The van der Waals surface area contributed by atoms with Gasteiger partial charge in [0.1, 0.15) is 5.82 Å². The number of benzene rings is 1. The molecule has 1 aromatic carbocycles. The normalized spacial score (nSPS) is 10.6. The van der Waals surface area contributed by atoms with Crippen LogP contribution in [-0.2, 0) is 6.54 Å². The summed E-state index contributed by atoms with van der Waals surface area (Å²) >= 11 is 0. The number of hydrogen-bond acceptors (Lipinski definition) is 5. The lowest BCUT2D eigenvalue weighted by atomic mass is 10.1. The maximum Gasteiger partial charge on any atom is 0.272 e. The molecule has 0 aliphatic heterocycles. The first-order chi connectivity index (χ1) is 11.6. The summed E-state index contributed by atoms with van der Waals surface area (Å²) in [6.45, 7) is 0.182. The van der Waals surface area contributed by atoms with Crippen molar-refractivity contribution < 1.29 is 13.9 Å². The fraction of sp³-hybridized carbons (Fsp3) is 0.188. The predicted octanol–water partition coefficient (Wildman–Crippen LogP) is 2.08. The van der Waals surface area contributed by atoms with Crippen molar-refractivity contribution in [3.8, 4) is 5.88 Å². The number of aromatic nitrogens is 3. The van der Waals surface area contributed by atoms with Crippen LogP contribution < -0.4 is 15.4 Å². The van der Waals surface area contributed by atoms with Gasteiger partial charge in [-0.1, -0.05) is 0 Å². The van der Waals surface area contributed by atoms with Crippen LogP contribution >= 0.6 is 0 Å². The van der Waals surface area contributed by atoms with Gasteiger partial charge < -0.3 is 15.4 Å². The smallest absolute Gasteiger partial charge is 0.272 e. The zero-order chi connectivity index (χ0) is 17.1. The molecule has 8 heteroatoms. The fourth-order valence-corrected chi connectivity index (χ4v) is 2.30. The minimum absolute atomic E-state index is 0.182. The monoisotopic (exact) mass is 329 g/mol. The Morgan fingerprint density at radius 1 is 1.33 bits per heavy atom. The molecule has 2 aromatic heterocycles. The molecule has 0 bridgehead atoms. The highest BCUT2D eigenvalue weighted by Gasteiger charge is 2.13. The minimum atomic E-state index is -0.418. The molecule has 0 spiro atoms. The van der Waals surface area contributed by atoms with Crippen LogP contribution in [0.4, 0.5) is 10.1 Å². The zero-order valence-corrected chi connectivity index (χ0v) is 13.2. The number of hydrogen-bond donors (Lipinski definition) is 3. The van der Waals surface area contributed by atoms with Gasteiger partial charge in [0, 0.05) is 24.2 Å². The Balaban J connectivity index is 1.84. The SMILES string of the molecule is CNC(=O)c1n[nH]c2ccc(NCc3nc(OC)ccc3F)cc12. The first-order valence-electron chi connectivity index (χ1n) is 7.26. The average molecular weight is 329 g/mol. The van der Waals surface area contributed by atoms with Crippen LogP contribution in [0, 0.1) is 5.82 Å². The van der Waals surface area contributed by atoms with Gasteiger partial charge in [-0.3, -0.25) is 9.89 Å². The Hall–Kier alpha value is -3.16. The predicted molar refractivity (Wildman–Crippen MR) is 87.6 cm³/mol. The molecule has 0 saturated heterocycles. The van der Waals surface area contributed by atoms with E-state index in [9.17, 15) is 9.18 Å². The Labute approximate surface area is 137 Å². The molecule has 124 valence electrons. The number of methoxy groups -OCH3 is 1. The van der Waals surface area contributed by atoms with Crippen molar-refractivity contribution in [3.05, 3.63) is 47.5 Å². The van der Waals surface area contributed by atoms with E-state index in [0.29, 0.717) is 17.0 Å². The lowest BCUT2D eigenvalue weighted by Crippen LogP contribution is -2.18. The highest BCUT2D eigenvalue weighted by Crippen LogP contribution is 2.21. The van der Waals surface area contributed by atoms with Gasteiger partial charge in [0.15, 0.2) is 5.69 Å². The number of H-pyrrole nitrogens is 1. The van der Waals surface area contributed by atoms with Crippen LogP contribution in [0.25, 0.3) is 10.9 Å². The molecule has 0 fully saturated rings. The van der Waals surface area contributed by atoms with Crippen LogP contribution in [0.15, 0.2) is 30.3 Å². The summed E-state index contributed by atoms with van der Waals surface area (Å²) in [6.07, 6.45) is 0. The molecule has 0 aliphatic carbocycles. The number of halogens is 1. The molecular formula is C16H16FN5O2. The maximum absolute atomic E-state index is 13.8. The van der Waals surface area contributed by atoms with Gasteiger partial charge in [-0.05, 0) is 24.3 Å². The molecule has 0 unspecified atom stereocenters. The van der Waals surface area contributed by atoms with Crippen molar-refractivity contribution in [3.63, 3.8) is 0 Å². The lowest BCUT2D eigenvalue weighted by Gasteiger charge is -2.08. The largest absolute Gasteiger partial charge is 0.481 e. The van der Waals surface area contributed by atoms with E-state index in [1.807, 2.05) is 6.07 Å². The van der Waals surface area contributed by atoms with Crippen LogP contribution in [-0.4, -0.2) is 35.2 Å². The van der Waals surface area contributed by atoms with E-state index in [4.69, 9.17) is 4.74 Å². The third-order valence-corrected chi connectivity index (χ3v) is 3.57. The van der Waals surface area contributed by atoms with Gasteiger partial charge in [0.2, 0.25) is 5.88 Å². The Kier molecular flexibility index (Phi) is 4.28. The molecular weight excluding hydrogens is 313 g/mol. The molecule has 0 atom stereocenters. The summed E-state index contributed by atoms with van der Waals surface area (Å²) in [5, 5.41) is 13.1. The Bertz CT molecular complexity index is 893. The Morgan fingerprint density at radius 2 is 2.17 bits per heavy atom. The molecule has 0 radical (unpaired) electrons. The summed E-state index contributed by atoms with van der Waals surface area (Å²) in [6, 6.07) is 8.16. The van der Waals surface area contributed by atoms with E-state index >= 15 is 0 Å². The zero-order valence-electron chi connectivity index (χ0n) is 13.2. The summed E-state index contributed by atoms with van der Waals surface area (Å²) < 4.78 is 18.8. The number of ether oxygens (including phenoxy) is 1. The van der Waals surface area contributed by atoms with E-state index in [0.717, 1.165) is 11.2 Å². The number of anilines is 1. The summed E-state index contributed by atoms with van der Waals surface area (Å²) in [4.78, 5) is 15.9. The van der Waals surface area contributed by atoms with Crippen molar-refractivity contribution in [2.75, 3.05) is 19.5 Å². The van der Waals surface area contributed by atoms with Crippen molar-refractivity contribution in [2.24, 2.45) is 0 Å². The summed E-state index contributed by atoms with van der Waals surface area (Å²) in [5.74, 6) is -0.349. The van der Waals surface area contributed by atoms with E-state index in [1.165, 1.54) is 19.2 Å². The second-order valence-corrected chi connectivity index (χ2v) is 5.05. The third-order valence-electron chi connectivity index (χ3n) is 3.57. The molecule has 7 nitrogen and oxygen atoms in total. The summed E-state index contributed by atoms with van der Waals surface area (Å²) in [7, 11) is 3.02. The quantitative estimate of drug-likeness (QED) is 0.666. The van der Waals surface area contributed by atoms with Gasteiger partial charge in [0.25, 0.3) is 5.91 Å². The molecule has 2 heterocycles. The standard InChI is InChI=1S/C16H16FN5O2/c1-18-16(23)15-10-7-9(3-5-12(10)21-22-15)19-8-13-11(17)4-6-14(20-13)24-2/h3-7,19H,8H2,1-2H3,(H,18,23)(H,21,22). The number of fused-ring (bicyclic) bond motifs is 1. The van der Waals surface area contributed by atoms with Gasteiger partial charge in [-0.15, -0.1) is 0 Å². The van der Waals surface area contributed by atoms with Crippen LogP contribution in [0.1, 0.15) is 16.2 Å². The number of rotatable bonds is 5. The third kappa shape index (κ3) is 2.98. The topological polar surface area (TPSA) is 91.9 Å². The van der Waals surface area contributed by atoms with E-state index < -0.39 is 5.82 Å². The van der Waals surface area contributed by atoms with Crippen molar-refractivity contribution in [1.29, 1.82) is 0 Å². The minimum Gasteiger partial charge on any atom is -0.481 e. The van der Waals surface area contributed by atoms with Crippen LogP contribution in [0.3, 0.4) is 0 Å². The first kappa shape index (κ1) is 15.7. The molecule has 3 N–H and O–H groups in total. The number of nitrogens with one attached hydrogen (secondary N) is 3.